The van der Waals surface area contributed by atoms with Gasteiger partial charge in [-0.1, -0.05) is 24.6 Å². The van der Waals surface area contributed by atoms with Crippen LogP contribution in [-0.4, -0.2) is 17.0 Å². The summed E-state index contributed by atoms with van der Waals surface area (Å²) in [5, 5.41) is 6.30. The van der Waals surface area contributed by atoms with Gasteiger partial charge >= 0.3 is 0 Å². The van der Waals surface area contributed by atoms with Crippen molar-refractivity contribution in [2.24, 2.45) is 0 Å². The van der Waals surface area contributed by atoms with E-state index in [4.69, 9.17) is 11.6 Å². The van der Waals surface area contributed by atoms with Gasteiger partial charge in [-0.05, 0) is 17.7 Å². The van der Waals surface area contributed by atoms with Gasteiger partial charge in [-0.3, -0.25) is 0 Å². The second kappa shape index (κ2) is 6.52. The van der Waals surface area contributed by atoms with E-state index in [1.807, 2.05) is 20.0 Å². The Morgan fingerprint density at radius 1 is 1.20 bits per heavy atom. The summed E-state index contributed by atoms with van der Waals surface area (Å²) in [5.41, 5.74) is 0.888. The highest BCUT2D eigenvalue weighted by Crippen LogP contribution is 2.17. The molecule has 0 saturated heterocycles. The minimum Gasteiger partial charge on any atom is -0.373 e. The van der Waals surface area contributed by atoms with Gasteiger partial charge in [0.2, 0.25) is 0 Å². The minimum absolute atomic E-state index is 0.122. The molecule has 1 heterocycles. The molecule has 106 valence electrons. The Labute approximate surface area is 122 Å². The monoisotopic (exact) mass is 294 g/mol. The lowest BCUT2D eigenvalue weighted by Crippen LogP contribution is -2.06. The quantitative estimate of drug-likeness (QED) is 0.886. The first-order chi connectivity index (χ1) is 9.62. The topological polar surface area (TPSA) is 49.8 Å². The summed E-state index contributed by atoms with van der Waals surface area (Å²) in [5.74, 6) is 1.83. The third-order valence-electron chi connectivity index (χ3n) is 2.80. The summed E-state index contributed by atoms with van der Waals surface area (Å²) in [6.07, 6.45) is 0.757. The molecule has 2 aromatic rings. The van der Waals surface area contributed by atoms with Crippen LogP contribution in [0.15, 0.2) is 24.3 Å². The molecule has 0 saturated carbocycles. The van der Waals surface area contributed by atoms with Gasteiger partial charge in [0, 0.05) is 26.1 Å². The van der Waals surface area contributed by atoms with E-state index in [1.54, 1.807) is 12.1 Å². The zero-order valence-corrected chi connectivity index (χ0v) is 12.1. The molecular formula is C14H16ClFN4. The standard InChI is InChI=1S/C14H16ClFN4/c1-3-12-19-13(17-2)7-14(20-12)18-8-9-4-5-11(16)10(15)6-9/h4-7H,3,8H2,1-2H3,(H2,17,18,19,20). The van der Waals surface area contributed by atoms with Gasteiger partial charge in [0.15, 0.2) is 0 Å². The average molecular weight is 295 g/mol. The number of hydrogen-bond donors (Lipinski definition) is 2. The number of nitrogens with zero attached hydrogens (tertiary/aromatic N) is 2. The first kappa shape index (κ1) is 14.5. The van der Waals surface area contributed by atoms with Crippen LogP contribution in [0, 0.1) is 5.82 Å². The van der Waals surface area contributed by atoms with Gasteiger partial charge in [0.05, 0.1) is 5.02 Å². The number of hydrogen-bond acceptors (Lipinski definition) is 4. The first-order valence-corrected chi connectivity index (χ1v) is 6.73. The van der Waals surface area contributed by atoms with Crippen molar-refractivity contribution in [3.63, 3.8) is 0 Å². The SMILES string of the molecule is CCc1nc(NC)cc(NCc2ccc(F)c(Cl)c2)n1. The van der Waals surface area contributed by atoms with Crippen molar-refractivity contribution in [3.05, 3.63) is 46.5 Å². The number of halogens is 2. The molecule has 6 heteroatoms. The highest BCUT2D eigenvalue weighted by molar-refractivity contribution is 6.30. The Morgan fingerprint density at radius 2 is 1.95 bits per heavy atom. The number of benzene rings is 1. The van der Waals surface area contributed by atoms with Crippen LogP contribution in [0.25, 0.3) is 0 Å². The smallest absolute Gasteiger partial charge is 0.141 e. The van der Waals surface area contributed by atoms with Crippen molar-refractivity contribution in [2.75, 3.05) is 17.7 Å². The van der Waals surface area contributed by atoms with Crippen molar-refractivity contribution in [3.8, 4) is 0 Å². The van der Waals surface area contributed by atoms with Crippen molar-refractivity contribution < 1.29 is 4.39 Å². The molecule has 1 aromatic heterocycles. The molecule has 0 spiro atoms. The van der Waals surface area contributed by atoms with Crippen molar-refractivity contribution in [2.45, 2.75) is 19.9 Å². The van der Waals surface area contributed by atoms with E-state index in [9.17, 15) is 4.39 Å². The fraction of sp³-hybridized carbons (Fsp3) is 0.286. The zero-order valence-electron chi connectivity index (χ0n) is 11.4. The van der Waals surface area contributed by atoms with E-state index < -0.39 is 5.82 Å². The molecule has 2 rings (SSSR count). The molecule has 2 N–H and O–H groups in total. The van der Waals surface area contributed by atoms with Crippen LogP contribution >= 0.6 is 11.6 Å². The summed E-state index contributed by atoms with van der Waals surface area (Å²) in [6.45, 7) is 2.52. The first-order valence-electron chi connectivity index (χ1n) is 6.36. The van der Waals surface area contributed by atoms with Crippen LogP contribution in [-0.2, 0) is 13.0 Å². The second-order valence-corrected chi connectivity index (χ2v) is 4.67. The molecule has 20 heavy (non-hydrogen) atoms. The van der Waals surface area contributed by atoms with Crippen LogP contribution in [0.1, 0.15) is 18.3 Å². The third kappa shape index (κ3) is 3.57. The molecule has 0 bridgehead atoms. The van der Waals surface area contributed by atoms with Crippen LogP contribution in [0.2, 0.25) is 5.02 Å². The second-order valence-electron chi connectivity index (χ2n) is 4.26. The predicted octanol–water partition coefficient (Wildman–Crippen LogP) is 3.49. The Hall–Kier alpha value is -1.88. The Morgan fingerprint density at radius 3 is 2.60 bits per heavy atom. The van der Waals surface area contributed by atoms with Gasteiger partial charge in [-0.15, -0.1) is 0 Å². The molecular weight excluding hydrogens is 279 g/mol. The highest BCUT2D eigenvalue weighted by Gasteiger charge is 2.04. The highest BCUT2D eigenvalue weighted by atomic mass is 35.5. The molecule has 4 nitrogen and oxygen atoms in total. The molecule has 0 radical (unpaired) electrons. The van der Waals surface area contributed by atoms with Crippen molar-refractivity contribution >= 4 is 23.2 Å². The summed E-state index contributed by atoms with van der Waals surface area (Å²) < 4.78 is 13.1. The van der Waals surface area contributed by atoms with Crippen LogP contribution in [0.5, 0.6) is 0 Å². The number of aromatic nitrogens is 2. The predicted molar refractivity (Wildman–Crippen MR) is 79.7 cm³/mol. The van der Waals surface area contributed by atoms with Crippen molar-refractivity contribution in [1.29, 1.82) is 0 Å². The van der Waals surface area contributed by atoms with E-state index >= 15 is 0 Å². The third-order valence-corrected chi connectivity index (χ3v) is 3.09. The van der Waals surface area contributed by atoms with E-state index in [2.05, 4.69) is 20.6 Å². The molecule has 0 aliphatic rings. The minimum atomic E-state index is -0.414. The lowest BCUT2D eigenvalue weighted by Gasteiger charge is -2.09. The normalized spacial score (nSPS) is 10.4. The molecule has 1 aromatic carbocycles. The maximum Gasteiger partial charge on any atom is 0.141 e. The van der Waals surface area contributed by atoms with Gasteiger partial charge in [0.25, 0.3) is 0 Å². The Kier molecular flexibility index (Phi) is 4.74. The largest absolute Gasteiger partial charge is 0.373 e. The molecule has 0 fully saturated rings. The van der Waals surface area contributed by atoms with Gasteiger partial charge in [-0.25, -0.2) is 14.4 Å². The number of aryl methyl sites for hydroxylation is 1. The fourth-order valence-electron chi connectivity index (χ4n) is 1.72. The van der Waals surface area contributed by atoms with Crippen LogP contribution in [0.4, 0.5) is 16.0 Å². The van der Waals surface area contributed by atoms with E-state index in [0.717, 1.165) is 29.4 Å². The van der Waals surface area contributed by atoms with Crippen LogP contribution in [0.3, 0.4) is 0 Å². The summed E-state index contributed by atoms with van der Waals surface area (Å²) in [6, 6.07) is 6.47. The average Bonchev–Trinajstić information content (AvgIpc) is 2.48. The Balaban J connectivity index is 2.11. The molecule has 0 aliphatic heterocycles. The van der Waals surface area contributed by atoms with E-state index in [-0.39, 0.29) is 5.02 Å². The fourth-order valence-corrected chi connectivity index (χ4v) is 1.92. The van der Waals surface area contributed by atoms with Gasteiger partial charge in [0.1, 0.15) is 23.3 Å². The van der Waals surface area contributed by atoms with E-state index in [0.29, 0.717) is 6.54 Å². The van der Waals surface area contributed by atoms with Crippen molar-refractivity contribution in [1.82, 2.24) is 9.97 Å². The maximum atomic E-state index is 13.1. The molecule has 0 amide bonds. The number of anilines is 2. The van der Waals surface area contributed by atoms with Crippen LogP contribution < -0.4 is 10.6 Å². The molecule has 0 atom stereocenters. The molecule has 0 aliphatic carbocycles. The van der Waals surface area contributed by atoms with Gasteiger partial charge in [-0.2, -0.15) is 0 Å². The van der Waals surface area contributed by atoms with Gasteiger partial charge < -0.3 is 10.6 Å². The Bertz CT molecular complexity index is 581. The molecule has 0 unspecified atom stereocenters. The lowest BCUT2D eigenvalue weighted by atomic mass is 10.2. The summed E-state index contributed by atoms with van der Waals surface area (Å²) >= 11 is 5.75. The summed E-state index contributed by atoms with van der Waals surface area (Å²) in [4.78, 5) is 8.70. The zero-order chi connectivity index (χ0) is 14.5. The number of rotatable bonds is 5. The number of nitrogens with one attached hydrogen (secondary N) is 2. The maximum absolute atomic E-state index is 13.1. The lowest BCUT2D eigenvalue weighted by molar-refractivity contribution is 0.627. The van der Waals surface area contributed by atoms with E-state index in [1.165, 1.54) is 6.07 Å². The summed E-state index contributed by atoms with van der Waals surface area (Å²) in [7, 11) is 1.81.